The summed E-state index contributed by atoms with van der Waals surface area (Å²) in [4.78, 5) is 18.0. The summed E-state index contributed by atoms with van der Waals surface area (Å²) in [6, 6.07) is 9.24. The van der Waals surface area contributed by atoms with Crippen LogP contribution in [0.5, 0.6) is 0 Å². The van der Waals surface area contributed by atoms with Crippen molar-refractivity contribution < 1.29 is 14.3 Å². The second-order valence-electron chi connectivity index (χ2n) is 8.40. The molecule has 1 aromatic heterocycles. The van der Waals surface area contributed by atoms with Crippen LogP contribution in [0.15, 0.2) is 24.3 Å². The van der Waals surface area contributed by atoms with Gasteiger partial charge in [0.25, 0.3) is 0 Å². The molecule has 0 saturated carbocycles. The molecule has 2 aliphatic rings. The number of piperidine rings is 1. The molecule has 0 amide bonds. The van der Waals surface area contributed by atoms with Gasteiger partial charge in [0.15, 0.2) is 0 Å². The average Bonchev–Trinajstić information content (AvgIpc) is 2.96. The predicted octanol–water partition coefficient (Wildman–Crippen LogP) is 3.56. The third kappa shape index (κ3) is 3.96. The lowest BCUT2D eigenvalue weighted by molar-refractivity contribution is -0.141. The molecule has 0 radical (unpaired) electrons. The Morgan fingerprint density at radius 2 is 2.11 bits per heavy atom. The summed E-state index contributed by atoms with van der Waals surface area (Å²) in [7, 11) is 3.27. The second kappa shape index (κ2) is 8.66. The van der Waals surface area contributed by atoms with E-state index >= 15 is 0 Å². The molecule has 2 unspecified atom stereocenters. The molecule has 5 heteroatoms. The third-order valence-corrected chi connectivity index (χ3v) is 6.78. The number of aromatic nitrogens is 1. The van der Waals surface area contributed by atoms with E-state index in [2.05, 4.69) is 34.1 Å². The maximum Gasteiger partial charge on any atom is 0.305 e. The number of fused-ring (bicyclic) bond motifs is 4. The number of ether oxygens (including phenoxy) is 2. The van der Waals surface area contributed by atoms with Crippen LogP contribution in [0, 0.1) is 11.8 Å². The molecule has 1 aromatic carbocycles. The van der Waals surface area contributed by atoms with E-state index < -0.39 is 0 Å². The normalized spacial score (nSPS) is 25.1. The van der Waals surface area contributed by atoms with Gasteiger partial charge < -0.3 is 14.5 Å². The fourth-order valence-electron chi connectivity index (χ4n) is 5.37. The van der Waals surface area contributed by atoms with E-state index in [1.807, 2.05) is 0 Å². The van der Waals surface area contributed by atoms with E-state index in [1.54, 1.807) is 7.11 Å². The fourth-order valence-corrected chi connectivity index (χ4v) is 5.37. The van der Waals surface area contributed by atoms with Gasteiger partial charge in [0, 0.05) is 62.3 Å². The monoisotopic (exact) mass is 384 g/mol. The maximum atomic E-state index is 11.6. The number of carbonyl (C=O) groups excluding carboxylic acids is 1. The zero-order valence-corrected chi connectivity index (χ0v) is 17.1. The zero-order chi connectivity index (χ0) is 19.5. The Kier molecular flexibility index (Phi) is 6.02. The summed E-state index contributed by atoms with van der Waals surface area (Å²) in [6.07, 6.45) is 5.89. The van der Waals surface area contributed by atoms with E-state index in [1.165, 1.54) is 35.7 Å². The van der Waals surface area contributed by atoms with Gasteiger partial charge in [-0.25, -0.2) is 0 Å². The summed E-state index contributed by atoms with van der Waals surface area (Å²) in [5.74, 6) is 1.08. The van der Waals surface area contributed by atoms with E-state index in [0.717, 1.165) is 45.4 Å². The third-order valence-electron chi connectivity index (χ3n) is 6.78. The van der Waals surface area contributed by atoms with E-state index in [0.29, 0.717) is 24.3 Å². The molecule has 5 nitrogen and oxygen atoms in total. The number of nitrogens with zero attached hydrogens (tertiary/aromatic N) is 1. The fraction of sp³-hybridized carbons (Fsp3) is 0.609. The molecule has 1 fully saturated rings. The highest BCUT2D eigenvalue weighted by molar-refractivity contribution is 5.84. The first-order valence-corrected chi connectivity index (χ1v) is 10.6. The largest absolute Gasteiger partial charge is 0.469 e. The van der Waals surface area contributed by atoms with Crippen LogP contribution in [-0.4, -0.2) is 55.8 Å². The van der Waals surface area contributed by atoms with Crippen molar-refractivity contribution in [3.8, 4) is 0 Å². The summed E-state index contributed by atoms with van der Waals surface area (Å²) in [5, 5.41) is 1.38. The molecule has 2 aliphatic heterocycles. The van der Waals surface area contributed by atoms with Crippen LogP contribution in [0.25, 0.3) is 10.9 Å². The second-order valence-corrected chi connectivity index (χ2v) is 8.40. The van der Waals surface area contributed by atoms with Gasteiger partial charge in [0.2, 0.25) is 0 Å². The van der Waals surface area contributed by atoms with Crippen LogP contribution >= 0.6 is 0 Å². The average molecular weight is 385 g/mol. The SMILES string of the molecule is COCCC1C[C@@H](CCC(=O)OC)CN2CCc3c([nH]c4ccccc34)CC12. The number of H-pyrrole nitrogens is 1. The molecule has 1 saturated heterocycles. The minimum absolute atomic E-state index is 0.0899. The Morgan fingerprint density at radius 1 is 1.25 bits per heavy atom. The molecule has 3 atom stereocenters. The Morgan fingerprint density at radius 3 is 2.93 bits per heavy atom. The Bertz CT molecular complexity index is 815. The number of rotatable bonds is 6. The number of hydrogen-bond acceptors (Lipinski definition) is 4. The van der Waals surface area contributed by atoms with Gasteiger partial charge in [-0.05, 0) is 49.1 Å². The van der Waals surface area contributed by atoms with Crippen molar-refractivity contribution in [3.63, 3.8) is 0 Å². The van der Waals surface area contributed by atoms with E-state index in [-0.39, 0.29) is 5.97 Å². The molecule has 0 bridgehead atoms. The molecule has 4 rings (SSSR count). The van der Waals surface area contributed by atoms with Crippen molar-refractivity contribution in [3.05, 3.63) is 35.5 Å². The van der Waals surface area contributed by atoms with Crippen LogP contribution in [0.2, 0.25) is 0 Å². The number of para-hydroxylation sites is 1. The highest BCUT2D eigenvalue weighted by Gasteiger charge is 2.38. The van der Waals surface area contributed by atoms with E-state index in [9.17, 15) is 4.79 Å². The molecule has 0 aliphatic carbocycles. The first kappa shape index (κ1) is 19.5. The van der Waals surface area contributed by atoms with Gasteiger partial charge in [0.05, 0.1) is 7.11 Å². The van der Waals surface area contributed by atoms with Gasteiger partial charge in [-0.2, -0.15) is 0 Å². The van der Waals surface area contributed by atoms with Crippen molar-refractivity contribution in [1.82, 2.24) is 9.88 Å². The summed E-state index contributed by atoms with van der Waals surface area (Å²) in [5.41, 5.74) is 4.19. The number of esters is 1. The Balaban J connectivity index is 1.54. The number of carbonyl (C=O) groups is 1. The molecule has 0 spiro atoms. The molecule has 152 valence electrons. The van der Waals surface area contributed by atoms with Crippen LogP contribution in [-0.2, 0) is 27.1 Å². The van der Waals surface area contributed by atoms with Crippen molar-refractivity contribution >= 4 is 16.9 Å². The van der Waals surface area contributed by atoms with Gasteiger partial charge in [-0.15, -0.1) is 0 Å². The van der Waals surface area contributed by atoms with Crippen molar-refractivity contribution in [1.29, 1.82) is 0 Å². The minimum Gasteiger partial charge on any atom is -0.469 e. The smallest absolute Gasteiger partial charge is 0.305 e. The number of aromatic amines is 1. The lowest BCUT2D eigenvalue weighted by atomic mass is 9.78. The van der Waals surface area contributed by atoms with Crippen molar-refractivity contribution in [2.24, 2.45) is 11.8 Å². The highest BCUT2D eigenvalue weighted by Crippen LogP contribution is 2.37. The van der Waals surface area contributed by atoms with Crippen LogP contribution in [0.3, 0.4) is 0 Å². The first-order valence-electron chi connectivity index (χ1n) is 10.6. The molecule has 2 aromatic rings. The Hall–Kier alpha value is -1.85. The number of hydrogen-bond donors (Lipinski definition) is 1. The maximum absolute atomic E-state index is 11.6. The summed E-state index contributed by atoms with van der Waals surface area (Å²) < 4.78 is 10.3. The number of methoxy groups -OCH3 is 2. The summed E-state index contributed by atoms with van der Waals surface area (Å²) in [6.45, 7) is 2.99. The van der Waals surface area contributed by atoms with Crippen LogP contribution in [0.4, 0.5) is 0 Å². The topological polar surface area (TPSA) is 54.6 Å². The minimum atomic E-state index is -0.0899. The van der Waals surface area contributed by atoms with Crippen LogP contribution < -0.4 is 0 Å². The molecular weight excluding hydrogens is 352 g/mol. The molecular formula is C23H32N2O3. The van der Waals surface area contributed by atoms with Gasteiger partial charge in [0.1, 0.15) is 0 Å². The summed E-state index contributed by atoms with van der Waals surface area (Å²) >= 11 is 0. The van der Waals surface area contributed by atoms with Gasteiger partial charge in [-0.3, -0.25) is 9.69 Å². The molecule has 3 heterocycles. The van der Waals surface area contributed by atoms with Crippen LogP contribution in [0.1, 0.15) is 36.9 Å². The highest BCUT2D eigenvalue weighted by atomic mass is 16.5. The lowest BCUT2D eigenvalue weighted by Crippen LogP contribution is -2.50. The lowest BCUT2D eigenvalue weighted by Gasteiger charge is -2.44. The first-order chi connectivity index (χ1) is 13.7. The van der Waals surface area contributed by atoms with E-state index in [4.69, 9.17) is 9.47 Å². The number of nitrogens with one attached hydrogen (secondary N) is 1. The zero-order valence-electron chi connectivity index (χ0n) is 17.1. The quantitative estimate of drug-likeness (QED) is 0.774. The Labute approximate surface area is 167 Å². The van der Waals surface area contributed by atoms with Crippen molar-refractivity contribution in [2.75, 3.05) is 33.9 Å². The predicted molar refractivity (Wildman–Crippen MR) is 110 cm³/mol. The van der Waals surface area contributed by atoms with Gasteiger partial charge >= 0.3 is 5.97 Å². The molecule has 1 N–H and O–H groups in total. The molecule has 28 heavy (non-hydrogen) atoms. The number of benzene rings is 1. The van der Waals surface area contributed by atoms with Crippen molar-refractivity contribution in [2.45, 2.75) is 44.6 Å². The standard InChI is InChI=1S/C23H32N2O3/c1-27-12-10-17-13-16(7-8-23(26)28-2)15-25-11-9-19-18-5-3-4-6-20(18)24-21(19)14-22(17)25/h3-6,16-17,22,24H,7-15H2,1-2H3/t16-,17?,22?/m1/s1. The van der Waals surface area contributed by atoms with Gasteiger partial charge in [-0.1, -0.05) is 18.2 Å².